The number of rotatable bonds is 3. The highest BCUT2D eigenvalue weighted by Gasteiger charge is 2.30. The van der Waals surface area contributed by atoms with Crippen LogP contribution >= 0.6 is 11.6 Å². The summed E-state index contributed by atoms with van der Waals surface area (Å²) in [5.41, 5.74) is 6.54. The van der Waals surface area contributed by atoms with E-state index < -0.39 is 6.04 Å². The predicted molar refractivity (Wildman–Crippen MR) is 133 cm³/mol. The molecule has 1 aromatic heterocycles. The van der Waals surface area contributed by atoms with E-state index >= 15 is 0 Å². The van der Waals surface area contributed by atoms with E-state index in [1.165, 1.54) is 0 Å². The lowest BCUT2D eigenvalue weighted by Gasteiger charge is -2.20. The third-order valence-corrected chi connectivity index (χ3v) is 6.40. The Morgan fingerprint density at radius 1 is 1.03 bits per heavy atom. The maximum absolute atomic E-state index is 13.5. The quantitative estimate of drug-likeness (QED) is 0.498. The Bertz CT molecular complexity index is 1500. The second-order valence-electron chi connectivity index (χ2n) is 8.47. The molecular weight excluding hydrogens is 436 g/mol. The van der Waals surface area contributed by atoms with Crippen molar-refractivity contribution < 1.29 is 4.79 Å². The zero-order chi connectivity index (χ0) is 23.3. The van der Waals surface area contributed by atoms with Crippen LogP contribution < -0.4 is 10.6 Å². The molecule has 1 atom stereocenters. The number of imidazole rings is 1. The van der Waals surface area contributed by atoms with Crippen LogP contribution in [0.1, 0.15) is 22.3 Å². The second-order valence-corrected chi connectivity index (χ2v) is 8.90. The molecule has 0 spiro atoms. The van der Waals surface area contributed by atoms with E-state index in [0.29, 0.717) is 22.7 Å². The molecule has 7 heteroatoms. The van der Waals surface area contributed by atoms with Crippen LogP contribution in [0.5, 0.6) is 0 Å². The minimum atomic E-state index is -0.594. The average Bonchev–Trinajstić information content (AvgIpc) is 3.03. The van der Waals surface area contributed by atoms with Crippen LogP contribution in [0.25, 0.3) is 11.0 Å². The molecule has 2 heterocycles. The molecule has 1 N–H and O–H groups in total. The van der Waals surface area contributed by atoms with Crippen molar-refractivity contribution in [3.05, 3.63) is 98.4 Å². The highest BCUT2D eigenvalue weighted by atomic mass is 35.5. The number of nitrogens with zero attached hydrogens (tertiary/aromatic N) is 3. The van der Waals surface area contributed by atoms with Gasteiger partial charge < -0.3 is 9.88 Å². The van der Waals surface area contributed by atoms with Crippen molar-refractivity contribution in [3.63, 3.8) is 0 Å². The normalized spacial score (nSPS) is 16.0. The van der Waals surface area contributed by atoms with E-state index in [9.17, 15) is 9.59 Å². The summed E-state index contributed by atoms with van der Waals surface area (Å²) in [6.45, 7) is 2.03. The molecule has 1 amide bonds. The number of carbonyl (C=O) groups excluding carboxylic acids is 1. The number of aromatic nitrogens is 2. The minimum Gasteiger partial charge on any atom is -0.313 e. The summed E-state index contributed by atoms with van der Waals surface area (Å²) in [4.78, 5) is 35.1. The summed E-state index contributed by atoms with van der Waals surface area (Å²) in [5, 5.41) is 0.564. The van der Waals surface area contributed by atoms with Gasteiger partial charge in [0.2, 0.25) is 0 Å². The number of benzene rings is 3. The van der Waals surface area contributed by atoms with Crippen molar-refractivity contribution in [2.45, 2.75) is 19.4 Å². The van der Waals surface area contributed by atoms with Gasteiger partial charge in [0.1, 0.15) is 6.04 Å². The number of hydrogen-bond acceptors (Lipinski definition) is 3. The number of anilines is 1. The number of likely N-dealkylation sites (N-methyl/N-ethyl adjacent to an activating group) is 1. The zero-order valence-electron chi connectivity index (χ0n) is 18.6. The van der Waals surface area contributed by atoms with Crippen LogP contribution in [0, 0.1) is 6.92 Å². The maximum atomic E-state index is 13.5. The fraction of sp³-hybridized carbons (Fsp3) is 0.192. The first-order chi connectivity index (χ1) is 15.8. The van der Waals surface area contributed by atoms with Gasteiger partial charge in [0, 0.05) is 36.7 Å². The number of aliphatic imine (C=N–C) groups is 1. The summed E-state index contributed by atoms with van der Waals surface area (Å²) in [7, 11) is 3.50. The van der Waals surface area contributed by atoms with Crippen LogP contribution in [0.3, 0.4) is 0 Å². The molecule has 6 nitrogen and oxygen atoms in total. The smallest absolute Gasteiger partial charge is 0.313 e. The van der Waals surface area contributed by atoms with E-state index in [0.717, 1.165) is 33.5 Å². The van der Waals surface area contributed by atoms with Gasteiger partial charge in [-0.05, 0) is 42.8 Å². The number of aromatic amines is 1. The van der Waals surface area contributed by atoms with Crippen LogP contribution in [0.15, 0.2) is 70.5 Å². The Morgan fingerprint density at radius 2 is 1.85 bits per heavy atom. The Balaban J connectivity index is 1.70. The number of benzodiazepines with no additional fused rings is 1. The topological polar surface area (TPSA) is 70.5 Å². The molecule has 0 saturated carbocycles. The van der Waals surface area contributed by atoms with Gasteiger partial charge in [0.05, 0.1) is 22.4 Å². The van der Waals surface area contributed by atoms with Crippen molar-refractivity contribution in [1.82, 2.24) is 9.55 Å². The van der Waals surface area contributed by atoms with Gasteiger partial charge >= 0.3 is 5.69 Å². The minimum absolute atomic E-state index is 0.0794. The van der Waals surface area contributed by atoms with Gasteiger partial charge in [0.15, 0.2) is 0 Å². The molecule has 0 fully saturated rings. The van der Waals surface area contributed by atoms with Crippen LogP contribution in [0.4, 0.5) is 5.69 Å². The highest BCUT2D eigenvalue weighted by Crippen LogP contribution is 2.31. The maximum Gasteiger partial charge on any atom is 0.326 e. The molecule has 1 unspecified atom stereocenters. The lowest BCUT2D eigenvalue weighted by molar-refractivity contribution is -0.119. The van der Waals surface area contributed by atoms with E-state index in [1.807, 2.05) is 55.5 Å². The third-order valence-electron chi connectivity index (χ3n) is 6.16. The number of fused-ring (bicyclic) bond motifs is 2. The Hall–Kier alpha value is -3.64. The van der Waals surface area contributed by atoms with Crippen molar-refractivity contribution in [3.8, 4) is 0 Å². The first kappa shape index (κ1) is 21.2. The number of H-pyrrole nitrogens is 1. The SMILES string of the molecule is Cc1cccc(CC2N=C(c3ccc4c(c3)[nH]c(=O)n4C)c3cc(Cl)ccc3N(C)C2=O)c1. The second kappa shape index (κ2) is 8.05. The van der Waals surface area contributed by atoms with Crippen molar-refractivity contribution in [1.29, 1.82) is 0 Å². The van der Waals surface area contributed by atoms with Crippen molar-refractivity contribution >= 4 is 39.9 Å². The average molecular weight is 459 g/mol. The fourth-order valence-corrected chi connectivity index (χ4v) is 4.60. The van der Waals surface area contributed by atoms with Gasteiger partial charge in [-0.2, -0.15) is 0 Å². The largest absolute Gasteiger partial charge is 0.326 e. The Labute approximate surface area is 196 Å². The molecule has 3 aromatic carbocycles. The molecule has 0 saturated heterocycles. The summed E-state index contributed by atoms with van der Waals surface area (Å²) < 4.78 is 1.57. The van der Waals surface area contributed by atoms with Crippen LogP contribution in [0.2, 0.25) is 5.02 Å². The van der Waals surface area contributed by atoms with Crippen molar-refractivity contribution in [2.75, 3.05) is 11.9 Å². The summed E-state index contributed by atoms with van der Waals surface area (Å²) in [6, 6.07) is 18.7. The van der Waals surface area contributed by atoms with Gasteiger partial charge in [0.25, 0.3) is 5.91 Å². The highest BCUT2D eigenvalue weighted by molar-refractivity contribution is 6.32. The molecule has 1 aliphatic heterocycles. The monoisotopic (exact) mass is 458 g/mol. The van der Waals surface area contributed by atoms with Gasteiger partial charge in [-0.15, -0.1) is 0 Å². The number of hydrogen-bond donors (Lipinski definition) is 1. The van der Waals surface area contributed by atoms with Crippen LogP contribution in [-0.4, -0.2) is 34.3 Å². The van der Waals surface area contributed by atoms with E-state index in [1.54, 1.807) is 29.6 Å². The number of aryl methyl sites for hydroxylation is 2. The lowest BCUT2D eigenvalue weighted by Crippen LogP contribution is -2.36. The predicted octanol–water partition coefficient (Wildman–Crippen LogP) is 4.25. The summed E-state index contributed by atoms with van der Waals surface area (Å²) in [5.74, 6) is -0.0794. The lowest BCUT2D eigenvalue weighted by atomic mass is 9.99. The standard InChI is InChI=1S/C26H23ClN4O2/c1-15-5-4-6-16(11-15)12-21-25(32)30(2)22-10-8-18(27)14-19(22)24(28-21)17-7-9-23-20(13-17)29-26(33)31(23)3/h4-11,13-14,21H,12H2,1-3H3,(H,29,33). The molecule has 1 aliphatic rings. The molecule has 33 heavy (non-hydrogen) atoms. The molecule has 0 bridgehead atoms. The summed E-state index contributed by atoms with van der Waals surface area (Å²) >= 11 is 6.36. The van der Waals surface area contributed by atoms with E-state index in [-0.39, 0.29) is 11.6 Å². The Morgan fingerprint density at radius 3 is 2.64 bits per heavy atom. The number of amides is 1. The van der Waals surface area contributed by atoms with E-state index in [2.05, 4.69) is 11.1 Å². The molecule has 5 rings (SSSR count). The van der Waals surface area contributed by atoms with Crippen molar-refractivity contribution in [2.24, 2.45) is 12.0 Å². The summed E-state index contributed by atoms with van der Waals surface area (Å²) in [6.07, 6.45) is 0.487. The first-order valence-corrected chi connectivity index (χ1v) is 11.1. The number of carbonyl (C=O) groups is 1. The molecule has 4 aromatic rings. The van der Waals surface area contributed by atoms with E-state index in [4.69, 9.17) is 16.6 Å². The van der Waals surface area contributed by atoms with Gasteiger partial charge in [-0.25, -0.2) is 4.79 Å². The molecule has 166 valence electrons. The van der Waals surface area contributed by atoms with Gasteiger partial charge in [-0.1, -0.05) is 47.5 Å². The molecule has 0 aliphatic carbocycles. The first-order valence-electron chi connectivity index (χ1n) is 10.7. The third kappa shape index (κ3) is 3.76. The number of nitrogens with one attached hydrogen (secondary N) is 1. The van der Waals surface area contributed by atoms with Gasteiger partial charge in [-0.3, -0.25) is 14.4 Å². The van der Waals surface area contributed by atoms with Crippen LogP contribution in [-0.2, 0) is 18.3 Å². The zero-order valence-corrected chi connectivity index (χ0v) is 19.3. The molecule has 0 radical (unpaired) electrons. The fourth-order valence-electron chi connectivity index (χ4n) is 4.42. The molecular formula is C26H23ClN4O2. The number of halogens is 1. The Kier molecular flexibility index (Phi) is 5.17.